The Kier molecular flexibility index (Phi) is 3.87. The SMILES string of the molecule is Cc1cc(Br)c(NC2CCC(N)C2)cc1[N+](=O)[O-]. The highest BCUT2D eigenvalue weighted by molar-refractivity contribution is 9.10. The fourth-order valence-corrected chi connectivity index (χ4v) is 2.91. The van der Waals surface area contributed by atoms with E-state index in [0.717, 1.165) is 29.4 Å². The van der Waals surface area contributed by atoms with Gasteiger partial charge in [0.15, 0.2) is 0 Å². The second-order valence-electron chi connectivity index (χ2n) is 4.79. The fourth-order valence-electron chi connectivity index (χ4n) is 2.34. The van der Waals surface area contributed by atoms with Crippen LogP contribution in [0, 0.1) is 17.0 Å². The van der Waals surface area contributed by atoms with E-state index >= 15 is 0 Å². The summed E-state index contributed by atoms with van der Waals surface area (Å²) in [6, 6.07) is 3.90. The Hall–Kier alpha value is -1.14. The van der Waals surface area contributed by atoms with Gasteiger partial charge >= 0.3 is 0 Å². The average Bonchev–Trinajstić information content (AvgIpc) is 2.67. The van der Waals surface area contributed by atoms with Crippen LogP contribution in [0.4, 0.5) is 11.4 Å². The molecule has 5 nitrogen and oxygen atoms in total. The number of nitrogens with two attached hydrogens (primary N) is 1. The fraction of sp³-hybridized carbons (Fsp3) is 0.500. The lowest BCUT2D eigenvalue weighted by Gasteiger charge is -2.15. The van der Waals surface area contributed by atoms with Gasteiger partial charge in [-0.15, -0.1) is 0 Å². The van der Waals surface area contributed by atoms with E-state index in [4.69, 9.17) is 5.73 Å². The maximum Gasteiger partial charge on any atom is 0.274 e. The first kappa shape index (κ1) is 13.3. The van der Waals surface area contributed by atoms with Crippen LogP contribution < -0.4 is 11.1 Å². The number of nitro groups is 1. The second kappa shape index (κ2) is 5.24. The smallest absolute Gasteiger partial charge is 0.274 e. The van der Waals surface area contributed by atoms with Gasteiger partial charge in [-0.25, -0.2) is 0 Å². The molecule has 0 bridgehead atoms. The molecule has 0 radical (unpaired) electrons. The number of hydrogen-bond acceptors (Lipinski definition) is 4. The van der Waals surface area contributed by atoms with Crippen LogP contribution in [-0.2, 0) is 0 Å². The Balaban J connectivity index is 2.22. The number of nitro benzene ring substituents is 1. The van der Waals surface area contributed by atoms with Gasteiger partial charge in [-0.3, -0.25) is 10.1 Å². The lowest BCUT2D eigenvalue weighted by atomic mass is 10.1. The van der Waals surface area contributed by atoms with E-state index in [2.05, 4.69) is 21.2 Å². The minimum Gasteiger partial charge on any atom is -0.381 e. The molecule has 18 heavy (non-hydrogen) atoms. The molecule has 0 aliphatic heterocycles. The predicted octanol–water partition coefficient (Wildman–Crippen LogP) is 2.96. The van der Waals surface area contributed by atoms with Crippen molar-refractivity contribution in [1.29, 1.82) is 0 Å². The summed E-state index contributed by atoms with van der Waals surface area (Å²) >= 11 is 3.44. The van der Waals surface area contributed by atoms with E-state index in [0.29, 0.717) is 11.6 Å². The summed E-state index contributed by atoms with van der Waals surface area (Å²) in [4.78, 5) is 10.6. The molecule has 1 aromatic rings. The zero-order valence-electron chi connectivity index (χ0n) is 10.1. The quantitative estimate of drug-likeness (QED) is 0.664. The van der Waals surface area contributed by atoms with Crippen LogP contribution in [0.5, 0.6) is 0 Å². The van der Waals surface area contributed by atoms with E-state index < -0.39 is 0 Å². The zero-order valence-corrected chi connectivity index (χ0v) is 11.7. The van der Waals surface area contributed by atoms with Gasteiger partial charge in [0.05, 0.1) is 10.6 Å². The largest absolute Gasteiger partial charge is 0.381 e. The van der Waals surface area contributed by atoms with Crippen molar-refractivity contribution in [3.8, 4) is 0 Å². The van der Waals surface area contributed by atoms with Gasteiger partial charge in [-0.05, 0) is 48.2 Å². The molecule has 0 aromatic heterocycles. The third kappa shape index (κ3) is 2.81. The molecular weight excluding hydrogens is 298 g/mol. The van der Waals surface area contributed by atoms with E-state index in [1.54, 1.807) is 19.1 Å². The topological polar surface area (TPSA) is 81.2 Å². The molecule has 0 spiro atoms. The Morgan fingerprint density at radius 1 is 1.50 bits per heavy atom. The highest BCUT2D eigenvalue weighted by Crippen LogP contribution is 2.32. The van der Waals surface area contributed by atoms with Gasteiger partial charge in [0.25, 0.3) is 5.69 Å². The van der Waals surface area contributed by atoms with Crippen LogP contribution in [-0.4, -0.2) is 17.0 Å². The van der Waals surface area contributed by atoms with Crippen LogP contribution in [0.3, 0.4) is 0 Å². The molecule has 0 heterocycles. The van der Waals surface area contributed by atoms with Crippen LogP contribution in [0.2, 0.25) is 0 Å². The normalized spacial score (nSPS) is 23.1. The van der Waals surface area contributed by atoms with Gasteiger partial charge in [0.1, 0.15) is 0 Å². The lowest BCUT2D eigenvalue weighted by molar-refractivity contribution is -0.385. The number of benzene rings is 1. The molecule has 1 aliphatic rings. The molecule has 2 atom stereocenters. The third-order valence-electron chi connectivity index (χ3n) is 3.32. The van der Waals surface area contributed by atoms with Crippen molar-refractivity contribution >= 4 is 27.3 Å². The molecular formula is C12H16BrN3O2. The molecule has 2 rings (SSSR count). The maximum atomic E-state index is 10.9. The predicted molar refractivity (Wildman–Crippen MR) is 74.8 cm³/mol. The molecule has 0 amide bonds. The first-order valence-corrected chi connectivity index (χ1v) is 6.73. The summed E-state index contributed by atoms with van der Waals surface area (Å²) in [5.41, 5.74) is 7.42. The Bertz CT molecular complexity index is 479. The molecule has 98 valence electrons. The number of nitrogens with zero attached hydrogens (tertiary/aromatic N) is 1. The molecule has 3 N–H and O–H groups in total. The molecule has 0 saturated heterocycles. The molecule has 1 saturated carbocycles. The monoisotopic (exact) mass is 313 g/mol. The number of rotatable bonds is 3. The molecule has 1 aromatic carbocycles. The number of hydrogen-bond donors (Lipinski definition) is 2. The zero-order chi connectivity index (χ0) is 13.3. The van der Waals surface area contributed by atoms with E-state index in [-0.39, 0.29) is 16.7 Å². The summed E-state index contributed by atoms with van der Waals surface area (Å²) in [6.07, 6.45) is 2.92. The van der Waals surface area contributed by atoms with Crippen molar-refractivity contribution in [3.05, 3.63) is 32.3 Å². The van der Waals surface area contributed by atoms with E-state index in [1.165, 1.54) is 0 Å². The van der Waals surface area contributed by atoms with Crippen molar-refractivity contribution < 1.29 is 4.92 Å². The Morgan fingerprint density at radius 2 is 2.22 bits per heavy atom. The van der Waals surface area contributed by atoms with Crippen molar-refractivity contribution in [1.82, 2.24) is 0 Å². The number of anilines is 1. The number of halogens is 1. The van der Waals surface area contributed by atoms with Crippen LogP contribution in [0.15, 0.2) is 16.6 Å². The molecule has 1 fully saturated rings. The summed E-state index contributed by atoms with van der Waals surface area (Å²) in [6.45, 7) is 1.73. The summed E-state index contributed by atoms with van der Waals surface area (Å²) < 4.78 is 0.853. The first-order chi connectivity index (χ1) is 8.47. The van der Waals surface area contributed by atoms with Crippen molar-refractivity contribution in [3.63, 3.8) is 0 Å². The Morgan fingerprint density at radius 3 is 2.78 bits per heavy atom. The van der Waals surface area contributed by atoms with E-state index in [9.17, 15) is 10.1 Å². The first-order valence-electron chi connectivity index (χ1n) is 5.94. The van der Waals surface area contributed by atoms with Gasteiger partial charge < -0.3 is 11.1 Å². The van der Waals surface area contributed by atoms with Crippen LogP contribution in [0.25, 0.3) is 0 Å². The molecule has 2 unspecified atom stereocenters. The standard InChI is InChI=1S/C12H16BrN3O2/c1-7-4-10(13)11(6-12(7)16(17)18)15-9-3-2-8(14)5-9/h4,6,8-9,15H,2-3,5,14H2,1H3. The summed E-state index contributed by atoms with van der Waals surface area (Å²) in [7, 11) is 0. The molecule has 6 heteroatoms. The van der Waals surface area contributed by atoms with Crippen molar-refractivity contribution in [2.24, 2.45) is 5.73 Å². The van der Waals surface area contributed by atoms with Gasteiger partial charge in [0.2, 0.25) is 0 Å². The molecule has 1 aliphatic carbocycles. The summed E-state index contributed by atoms with van der Waals surface area (Å²) in [5, 5.41) is 14.2. The van der Waals surface area contributed by atoms with Crippen molar-refractivity contribution in [2.45, 2.75) is 38.3 Å². The van der Waals surface area contributed by atoms with E-state index in [1.807, 2.05) is 0 Å². The second-order valence-corrected chi connectivity index (χ2v) is 5.64. The average molecular weight is 314 g/mol. The van der Waals surface area contributed by atoms with Crippen LogP contribution >= 0.6 is 15.9 Å². The minimum absolute atomic E-state index is 0.142. The minimum atomic E-state index is -0.354. The Labute approximate surface area is 114 Å². The highest BCUT2D eigenvalue weighted by atomic mass is 79.9. The number of nitrogens with one attached hydrogen (secondary N) is 1. The van der Waals surface area contributed by atoms with Gasteiger partial charge in [-0.2, -0.15) is 0 Å². The highest BCUT2D eigenvalue weighted by Gasteiger charge is 2.23. The van der Waals surface area contributed by atoms with Gasteiger partial charge in [0, 0.05) is 28.2 Å². The maximum absolute atomic E-state index is 10.9. The van der Waals surface area contributed by atoms with Crippen LogP contribution in [0.1, 0.15) is 24.8 Å². The third-order valence-corrected chi connectivity index (χ3v) is 3.97. The summed E-state index contributed by atoms with van der Waals surface area (Å²) in [5.74, 6) is 0. The lowest BCUT2D eigenvalue weighted by Crippen LogP contribution is -2.21. The van der Waals surface area contributed by atoms with Gasteiger partial charge in [-0.1, -0.05) is 0 Å². The van der Waals surface area contributed by atoms with Crippen molar-refractivity contribution in [2.75, 3.05) is 5.32 Å². The number of aryl methyl sites for hydroxylation is 1.